The minimum absolute atomic E-state index is 0.156. The molecule has 6 nitrogen and oxygen atoms in total. The number of carbonyl (C=O) groups excluding carboxylic acids is 1. The van der Waals surface area contributed by atoms with Crippen molar-refractivity contribution in [1.82, 2.24) is 19.2 Å². The molecule has 0 bridgehead atoms. The van der Waals surface area contributed by atoms with Crippen LogP contribution in [0.3, 0.4) is 0 Å². The molecule has 4 heterocycles. The lowest BCUT2D eigenvalue weighted by Gasteiger charge is -2.35. The number of nitrogens with zero attached hydrogens (tertiary/aromatic N) is 4. The molecular weight excluding hydrogens is 400 g/mol. The van der Waals surface area contributed by atoms with Gasteiger partial charge in [0, 0.05) is 56.1 Å². The number of benzene rings is 1. The molecule has 2 aliphatic rings. The lowest BCUT2D eigenvalue weighted by Crippen LogP contribution is -2.51. The molecule has 1 aromatic carbocycles. The number of fused-ring (bicyclic) bond motifs is 1. The fraction of sp³-hybridized carbons (Fsp3) is 0.391. The topological polar surface area (TPSA) is 50.1 Å². The van der Waals surface area contributed by atoms with Crippen molar-refractivity contribution >= 4 is 23.2 Å². The van der Waals surface area contributed by atoms with Gasteiger partial charge >= 0.3 is 0 Å². The van der Waals surface area contributed by atoms with Crippen molar-refractivity contribution in [3.05, 3.63) is 59.4 Å². The van der Waals surface area contributed by atoms with Crippen molar-refractivity contribution in [2.45, 2.75) is 25.5 Å². The van der Waals surface area contributed by atoms with Crippen LogP contribution in [-0.2, 0) is 16.1 Å². The number of halogens is 1. The molecule has 1 amide bonds. The molecule has 30 heavy (non-hydrogen) atoms. The number of ether oxygens (including phenoxy) is 1. The maximum atomic E-state index is 12.6. The first-order valence-electron chi connectivity index (χ1n) is 10.5. The number of imidazole rings is 1. The molecule has 156 valence electrons. The lowest BCUT2D eigenvalue weighted by molar-refractivity contribution is -0.142. The van der Waals surface area contributed by atoms with Crippen LogP contribution in [0.2, 0.25) is 5.02 Å². The summed E-state index contributed by atoms with van der Waals surface area (Å²) >= 11 is 6.08. The standard InChI is InChI=1S/C23H25ClN4O2/c24-18-8-6-17(7-9-18)22-19(28-10-2-1-5-21(28)25-22)16-26-11-13-27(14-12-26)23(29)20-4-3-15-30-20/h1-2,5-10,20H,3-4,11-16H2. The van der Waals surface area contributed by atoms with Crippen molar-refractivity contribution in [3.8, 4) is 11.3 Å². The van der Waals surface area contributed by atoms with Crippen molar-refractivity contribution in [3.63, 3.8) is 0 Å². The zero-order chi connectivity index (χ0) is 20.5. The predicted octanol–water partition coefficient (Wildman–Crippen LogP) is 3.48. The summed E-state index contributed by atoms with van der Waals surface area (Å²) in [5.74, 6) is 0.156. The summed E-state index contributed by atoms with van der Waals surface area (Å²) in [5, 5.41) is 0.719. The summed E-state index contributed by atoms with van der Waals surface area (Å²) in [5.41, 5.74) is 4.14. The number of hydrogen-bond acceptors (Lipinski definition) is 4. The van der Waals surface area contributed by atoms with E-state index in [0.29, 0.717) is 6.61 Å². The van der Waals surface area contributed by atoms with Crippen LogP contribution >= 0.6 is 11.6 Å². The van der Waals surface area contributed by atoms with Gasteiger partial charge in [-0.25, -0.2) is 4.98 Å². The molecule has 0 N–H and O–H groups in total. The summed E-state index contributed by atoms with van der Waals surface area (Å²) in [4.78, 5) is 21.9. The van der Waals surface area contributed by atoms with Crippen LogP contribution in [0.25, 0.3) is 16.9 Å². The molecule has 5 rings (SSSR count). The number of carbonyl (C=O) groups is 1. The molecular formula is C23H25ClN4O2. The van der Waals surface area contributed by atoms with Crippen LogP contribution < -0.4 is 0 Å². The molecule has 0 radical (unpaired) electrons. The van der Waals surface area contributed by atoms with Crippen molar-refractivity contribution < 1.29 is 9.53 Å². The Balaban J connectivity index is 1.35. The van der Waals surface area contributed by atoms with Crippen molar-refractivity contribution in [1.29, 1.82) is 0 Å². The Hall–Kier alpha value is -2.41. The summed E-state index contributed by atoms with van der Waals surface area (Å²) < 4.78 is 7.74. The van der Waals surface area contributed by atoms with Gasteiger partial charge in [0.25, 0.3) is 5.91 Å². The first-order chi connectivity index (χ1) is 14.7. The van der Waals surface area contributed by atoms with Gasteiger partial charge in [-0.3, -0.25) is 9.69 Å². The highest BCUT2D eigenvalue weighted by Crippen LogP contribution is 2.27. The van der Waals surface area contributed by atoms with E-state index in [1.54, 1.807) is 0 Å². The van der Waals surface area contributed by atoms with Crippen LogP contribution in [0.1, 0.15) is 18.5 Å². The van der Waals surface area contributed by atoms with Gasteiger partial charge in [-0.2, -0.15) is 0 Å². The Morgan fingerprint density at radius 3 is 2.63 bits per heavy atom. The second-order valence-corrected chi connectivity index (χ2v) is 8.38. The molecule has 1 atom stereocenters. The highest BCUT2D eigenvalue weighted by molar-refractivity contribution is 6.30. The van der Waals surface area contributed by atoms with E-state index >= 15 is 0 Å². The van der Waals surface area contributed by atoms with Crippen LogP contribution in [0.4, 0.5) is 0 Å². The number of aromatic nitrogens is 2. The Bertz CT molecular complexity index is 1040. The van der Waals surface area contributed by atoms with Gasteiger partial charge in [-0.05, 0) is 37.1 Å². The summed E-state index contributed by atoms with van der Waals surface area (Å²) in [7, 11) is 0. The SMILES string of the molecule is O=C(C1CCCO1)N1CCN(Cc2c(-c3ccc(Cl)cc3)nc3ccccn23)CC1. The van der Waals surface area contributed by atoms with Gasteiger partial charge in [-0.1, -0.05) is 29.8 Å². The third-order valence-corrected chi connectivity index (χ3v) is 6.26. The number of amides is 1. The highest BCUT2D eigenvalue weighted by atomic mass is 35.5. The monoisotopic (exact) mass is 424 g/mol. The summed E-state index contributed by atoms with van der Waals surface area (Å²) in [6.07, 6.45) is 3.67. The smallest absolute Gasteiger partial charge is 0.251 e. The van der Waals surface area contributed by atoms with E-state index in [9.17, 15) is 4.79 Å². The molecule has 2 fully saturated rings. The third-order valence-electron chi connectivity index (χ3n) is 6.01. The first kappa shape index (κ1) is 19.5. The maximum Gasteiger partial charge on any atom is 0.251 e. The fourth-order valence-electron chi connectivity index (χ4n) is 4.35. The Labute approximate surface area is 181 Å². The van der Waals surface area contributed by atoms with Crippen molar-refractivity contribution in [2.24, 2.45) is 0 Å². The summed E-state index contributed by atoms with van der Waals surface area (Å²) in [6.45, 7) is 4.66. The number of rotatable bonds is 4. The van der Waals surface area contributed by atoms with E-state index in [4.69, 9.17) is 21.3 Å². The van der Waals surface area contributed by atoms with Gasteiger partial charge < -0.3 is 14.0 Å². The first-order valence-corrected chi connectivity index (χ1v) is 10.9. The van der Waals surface area contributed by atoms with E-state index in [1.165, 1.54) is 0 Å². The van der Waals surface area contributed by atoms with E-state index in [1.807, 2.05) is 47.4 Å². The lowest BCUT2D eigenvalue weighted by atomic mass is 10.1. The Kier molecular flexibility index (Phi) is 5.46. The van der Waals surface area contributed by atoms with Crippen LogP contribution in [-0.4, -0.2) is 64.0 Å². The molecule has 1 unspecified atom stereocenters. The fourth-order valence-corrected chi connectivity index (χ4v) is 4.48. The highest BCUT2D eigenvalue weighted by Gasteiger charge is 2.30. The maximum absolute atomic E-state index is 12.6. The van der Waals surface area contributed by atoms with Gasteiger partial charge in [0.1, 0.15) is 11.8 Å². The molecule has 0 spiro atoms. The zero-order valence-corrected chi connectivity index (χ0v) is 17.6. The van der Waals surface area contributed by atoms with Gasteiger partial charge in [0.15, 0.2) is 0 Å². The normalized spacial score (nSPS) is 20.2. The largest absolute Gasteiger partial charge is 0.368 e. The van der Waals surface area contributed by atoms with Crippen LogP contribution in [0.15, 0.2) is 48.7 Å². The Morgan fingerprint density at radius 1 is 1.10 bits per heavy atom. The Morgan fingerprint density at radius 2 is 1.90 bits per heavy atom. The van der Waals surface area contributed by atoms with E-state index < -0.39 is 0 Å². The van der Waals surface area contributed by atoms with Crippen LogP contribution in [0, 0.1) is 0 Å². The minimum atomic E-state index is -0.230. The van der Waals surface area contributed by atoms with E-state index in [0.717, 1.165) is 73.2 Å². The van der Waals surface area contributed by atoms with Gasteiger partial charge in [0.2, 0.25) is 0 Å². The molecule has 0 saturated carbocycles. The average molecular weight is 425 g/mol. The molecule has 2 aliphatic heterocycles. The molecule has 0 aliphatic carbocycles. The van der Waals surface area contributed by atoms with E-state index in [2.05, 4.69) is 15.5 Å². The van der Waals surface area contributed by atoms with Crippen LogP contribution in [0.5, 0.6) is 0 Å². The predicted molar refractivity (Wildman–Crippen MR) is 116 cm³/mol. The number of piperazine rings is 1. The number of pyridine rings is 1. The molecule has 2 aromatic heterocycles. The number of hydrogen-bond donors (Lipinski definition) is 0. The second kappa shape index (κ2) is 8.38. The molecule has 3 aromatic rings. The minimum Gasteiger partial charge on any atom is -0.368 e. The second-order valence-electron chi connectivity index (χ2n) is 7.95. The molecule has 7 heteroatoms. The molecule has 2 saturated heterocycles. The van der Waals surface area contributed by atoms with Gasteiger partial charge in [0.05, 0.1) is 11.4 Å². The third kappa shape index (κ3) is 3.83. The van der Waals surface area contributed by atoms with Gasteiger partial charge in [-0.15, -0.1) is 0 Å². The van der Waals surface area contributed by atoms with Crippen molar-refractivity contribution in [2.75, 3.05) is 32.8 Å². The van der Waals surface area contributed by atoms with E-state index in [-0.39, 0.29) is 12.0 Å². The zero-order valence-electron chi connectivity index (χ0n) is 16.8. The summed E-state index contributed by atoms with van der Waals surface area (Å²) in [6, 6.07) is 13.9. The quantitative estimate of drug-likeness (QED) is 0.643. The average Bonchev–Trinajstić information content (AvgIpc) is 3.43.